The molecule has 0 amide bonds. The lowest BCUT2D eigenvalue weighted by atomic mass is 9.45. The van der Waals surface area contributed by atoms with Gasteiger partial charge in [0.1, 0.15) is 24.7 Å². The van der Waals surface area contributed by atoms with Gasteiger partial charge in [0, 0.05) is 17.8 Å². The molecule has 3 saturated carbocycles. The van der Waals surface area contributed by atoms with Crippen LogP contribution in [-0.2, 0) is 23.9 Å². The van der Waals surface area contributed by atoms with Crippen LogP contribution in [0, 0.1) is 28.6 Å². The van der Waals surface area contributed by atoms with Gasteiger partial charge in [0.25, 0.3) is 0 Å². The summed E-state index contributed by atoms with van der Waals surface area (Å²) in [6.07, 6.45) is 3.88. The molecular formula is C24H32O8. The number of hydrogen-bond acceptors (Lipinski definition) is 7. The molecule has 8 nitrogen and oxygen atoms in total. The summed E-state index contributed by atoms with van der Waals surface area (Å²) < 4.78 is 5.78. The number of carboxylic acids is 1. The van der Waals surface area contributed by atoms with Gasteiger partial charge in [0.05, 0.1) is 0 Å². The highest BCUT2D eigenvalue weighted by Gasteiger charge is 2.69. The van der Waals surface area contributed by atoms with Crippen LogP contribution in [0.2, 0.25) is 0 Å². The van der Waals surface area contributed by atoms with Crippen LogP contribution in [0.4, 0.5) is 0 Å². The second-order valence-corrected chi connectivity index (χ2v) is 10.6. The average Bonchev–Trinajstić information content (AvgIpc) is 2.98. The molecule has 0 unspecified atom stereocenters. The van der Waals surface area contributed by atoms with Gasteiger partial charge in [-0.2, -0.15) is 0 Å². The van der Waals surface area contributed by atoms with Gasteiger partial charge in [0.15, 0.2) is 11.6 Å². The summed E-state index contributed by atoms with van der Waals surface area (Å²) in [5.74, 6) is -2.73. The minimum Gasteiger partial charge on any atom is -0.481 e. The monoisotopic (exact) mass is 448 g/mol. The van der Waals surface area contributed by atoms with Crippen LogP contribution in [0.5, 0.6) is 0 Å². The lowest BCUT2D eigenvalue weighted by Gasteiger charge is -2.60. The van der Waals surface area contributed by atoms with Crippen LogP contribution in [0.3, 0.4) is 0 Å². The molecule has 8 heteroatoms. The normalized spacial score (nSPS) is 42.9. The first kappa shape index (κ1) is 23.1. The van der Waals surface area contributed by atoms with Crippen LogP contribution >= 0.6 is 0 Å². The first-order valence-corrected chi connectivity index (χ1v) is 11.5. The number of carbonyl (C=O) groups excluding carboxylic acids is 3. The fourth-order valence-electron chi connectivity index (χ4n) is 7.69. The summed E-state index contributed by atoms with van der Waals surface area (Å²) in [7, 11) is 0. The number of ether oxygens (including phenoxy) is 1. The third kappa shape index (κ3) is 3.25. The van der Waals surface area contributed by atoms with Gasteiger partial charge in [-0.25, -0.2) is 0 Å². The maximum absolute atomic E-state index is 12.6. The van der Waals surface area contributed by atoms with E-state index in [1.165, 1.54) is 0 Å². The summed E-state index contributed by atoms with van der Waals surface area (Å²) in [5, 5.41) is 30.0. The fourth-order valence-corrected chi connectivity index (χ4v) is 7.69. The molecule has 0 aromatic carbocycles. The molecule has 0 aromatic rings. The van der Waals surface area contributed by atoms with Crippen molar-refractivity contribution < 1.29 is 39.2 Å². The maximum Gasteiger partial charge on any atom is 0.317 e. The van der Waals surface area contributed by atoms with Crippen LogP contribution in [0.15, 0.2) is 11.6 Å². The number of rotatable bonds is 5. The summed E-state index contributed by atoms with van der Waals surface area (Å²) in [6.45, 7) is 3.18. The molecule has 32 heavy (non-hydrogen) atoms. The Bertz CT molecular complexity index is 892. The van der Waals surface area contributed by atoms with E-state index in [-0.39, 0.29) is 41.8 Å². The Morgan fingerprint density at radius 2 is 1.88 bits per heavy atom. The van der Waals surface area contributed by atoms with Crippen molar-refractivity contribution >= 4 is 23.5 Å². The molecule has 3 fully saturated rings. The maximum atomic E-state index is 12.6. The molecular weight excluding hydrogens is 416 g/mol. The van der Waals surface area contributed by atoms with Crippen molar-refractivity contribution in [3.05, 3.63) is 11.6 Å². The molecule has 4 aliphatic rings. The Balaban J connectivity index is 1.77. The number of Topliss-reactive ketones (excluding diaryl/α,β-unsaturated/α-hetero) is 1. The van der Waals surface area contributed by atoms with E-state index in [4.69, 9.17) is 9.84 Å². The molecule has 0 radical (unpaired) electrons. The Hall–Kier alpha value is -2.06. The topological polar surface area (TPSA) is 138 Å². The number of aliphatic hydroxyl groups is 2. The smallest absolute Gasteiger partial charge is 0.317 e. The van der Waals surface area contributed by atoms with Gasteiger partial charge in [-0.15, -0.1) is 0 Å². The van der Waals surface area contributed by atoms with Crippen LogP contribution in [0.1, 0.15) is 65.2 Å². The molecule has 0 bridgehead atoms. The highest BCUT2D eigenvalue weighted by atomic mass is 16.5. The molecule has 0 aromatic heterocycles. The number of aliphatic hydroxyl groups excluding tert-OH is 1. The number of hydrogen-bond donors (Lipinski definition) is 3. The molecule has 0 aliphatic heterocycles. The predicted molar refractivity (Wildman–Crippen MR) is 111 cm³/mol. The average molecular weight is 449 g/mol. The van der Waals surface area contributed by atoms with Crippen molar-refractivity contribution in [2.24, 2.45) is 28.6 Å². The van der Waals surface area contributed by atoms with Gasteiger partial charge in [0.2, 0.25) is 0 Å². The van der Waals surface area contributed by atoms with Crippen LogP contribution in [0.25, 0.3) is 0 Å². The van der Waals surface area contributed by atoms with E-state index in [2.05, 4.69) is 6.92 Å². The van der Waals surface area contributed by atoms with Crippen molar-refractivity contribution in [1.29, 1.82) is 0 Å². The highest BCUT2D eigenvalue weighted by molar-refractivity contribution is 5.92. The number of carboxylic acid groups (broad SMARTS) is 1. The van der Waals surface area contributed by atoms with Crippen molar-refractivity contribution in [2.45, 2.75) is 76.9 Å². The molecule has 4 aliphatic carbocycles. The van der Waals surface area contributed by atoms with E-state index in [9.17, 15) is 29.4 Å². The third-order valence-electron chi connectivity index (χ3n) is 9.21. The number of ketones is 2. The van der Waals surface area contributed by atoms with Gasteiger partial charge >= 0.3 is 11.9 Å². The second-order valence-electron chi connectivity index (χ2n) is 10.6. The lowest BCUT2D eigenvalue weighted by molar-refractivity contribution is -0.196. The zero-order chi connectivity index (χ0) is 23.5. The first-order valence-electron chi connectivity index (χ1n) is 11.5. The van der Waals surface area contributed by atoms with Crippen LogP contribution in [-0.4, -0.2) is 57.1 Å². The van der Waals surface area contributed by atoms with Crippen molar-refractivity contribution in [3.8, 4) is 0 Å². The van der Waals surface area contributed by atoms with Gasteiger partial charge in [-0.05, 0) is 61.9 Å². The zero-order valence-electron chi connectivity index (χ0n) is 18.6. The van der Waals surface area contributed by atoms with E-state index in [0.29, 0.717) is 19.3 Å². The van der Waals surface area contributed by atoms with E-state index in [1.807, 2.05) is 6.92 Å². The molecule has 3 N–H and O–H groups in total. The van der Waals surface area contributed by atoms with Crippen LogP contribution < -0.4 is 0 Å². The third-order valence-corrected chi connectivity index (χ3v) is 9.21. The summed E-state index contributed by atoms with van der Waals surface area (Å²) in [4.78, 5) is 48.2. The molecule has 7 atom stereocenters. The number of allylic oxidation sites excluding steroid dienone is 1. The molecule has 176 valence electrons. The molecule has 0 saturated heterocycles. The number of esters is 1. The van der Waals surface area contributed by atoms with E-state index >= 15 is 0 Å². The molecule has 4 rings (SSSR count). The fraction of sp³-hybridized carbons (Fsp3) is 0.750. The zero-order valence-corrected chi connectivity index (χ0v) is 18.6. The second kappa shape index (κ2) is 7.76. The first-order chi connectivity index (χ1) is 15.0. The minimum absolute atomic E-state index is 0.00145. The highest BCUT2D eigenvalue weighted by Crippen LogP contribution is 2.68. The van der Waals surface area contributed by atoms with Crippen molar-refractivity contribution in [3.63, 3.8) is 0 Å². The SMILES string of the molecule is C[C@]12CCC(=O)C=C1CC[C@@H]1[C@@H]2[C@H](OC(=O)CC(=O)O)C[C@@]2(C)[C@H]1CC[C@]2(O)C(=O)CO. The number of carbonyl (C=O) groups is 4. The van der Waals surface area contributed by atoms with Crippen molar-refractivity contribution in [1.82, 2.24) is 0 Å². The molecule has 0 spiro atoms. The quantitative estimate of drug-likeness (QED) is 0.428. The van der Waals surface area contributed by atoms with Crippen molar-refractivity contribution in [2.75, 3.05) is 6.61 Å². The number of aliphatic carboxylic acids is 1. The molecule has 0 heterocycles. The summed E-state index contributed by atoms with van der Waals surface area (Å²) >= 11 is 0. The summed E-state index contributed by atoms with van der Waals surface area (Å²) in [6, 6.07) is 0. The van der Waals surface area contributed by atoms with E-state index < -0.39 is 47.9 Å². The standard InChI is InChI=1S/C24H32O8/c1-22-7-5-14(26)9-13(22)3-4-15-16-6-8-24(31,18(27)12-25)23(16,2)11-17(21(15)22)32-20(30)10-19(28)29/h9,15-17,21,25,31H,3-8,10-12H2,1-2H3,(H,28,29)/t15-,16-,17+,21+,22-,23-,24-/m0/s1. The van der Waals surface area contributed by atoms with E-state index in [0.717, 1.165) is 18.4 Å². The largest absolute Gasteiger partial charge is 0.481 e. The lowest BCUT2D eigenvalue weighted by Crippen LogP contribution is -2.62. The Kier molecular flexibility index (Phi) is 5.61. The Labute approximate surface area is 187 Å². The Morgan fingerprint density at radius 1 is 1.16 bits per heavy atom. The summed E-state index contributed by atoms with van der Waals surface area (Å²) in [5.41, 5.74) is -1.93. The predicted octanol–water partition coefficient (Wildman–Crippen LogP) is 1.81. The van der Waals surface area contributed by atoms with Gasteiger partial charge in [-0.1, -0.05) is 19.4 Å². The van der Waals surface area contributed by atoms with Gasteiger partial charge in [-0.3, -0.25) is 19.2 Å². The van der Waals surface area contributed by atoms with E-state index in [1.54, 1.807) is 6.08 Å². The van der Waals surface area contributed by atoms with Gasteiger partial charge < -0.3 is 20.1 Å². The minimum atomic E-state index is -1.71. The Morgan fingerprint density at radius 3 is 2.53 bits per heavy atom. The number of fused-ring (bicyclic) bond motifs is 5.